The summed E-state index contributed by atoms with van der Waals surface area (Å²) in [5.74, 6) is -0.195. The zero-order valence-corrected chi connectivity index (χ0v) is 14.6. The SMILES string of the molecule is CCCS(=O)(=O)N1CCC[C@H]1C(=O)NCc1ccc(C(=N)N)cc1. The minimum absolute atomic E-state index is 0.00619. The van der Waals surface area contributed by atoms with Gasteiger partial charge in [-0.15, -0.1) is 0 Å². The Bertz CT molecular complexity index is 701. The maximum atomic E-state index is 12.4. The molecular weight excluding hydrogens is 328 g/mol. The van der Waals surface area contributed by atoms with Crippen LogP contribution < -0.4 is 11.1 Å². The largest absolute Gasteiger partial charge is 0.384 e. The summed E-state index contributed by atoms with van der Waals surface area (Å²) in [4.78, 5) is 12.4. The lowest BCUT2D eigenvalue weighted by Gasteiger charge is -2.23. The van der Waals surface area contributed by atoms with Crippen molar-refractivity contribution in [3.8, 4) is 0 Å². The number of benzene rings is 1. The van der Waals surface area contributed by atoms with E-state index in [9.17, 15) is 13.2 Å². The number of rotatable bonds is 7. The molecule has 0 aliphatic carbocycles. The lowest BCUT2D eigenvalue weighted by atomic mass is 10.1. The van der Waals surface area contributed by atoms with Gasteiger partial charge in [-0.1, -0.05) is 31.2 Å². The second kappa shape index (κ2) is 7.76. The molecule has 1 aromatic carbocycles. The highest BCUT2D eigenvalue weighted by Crippen LogP contribution is 2.22. The van der Waals surface area contributed by atoms with E-state index in [2.05, 4.69) is 5.32 Å². The molecule has 0 spiro atoms. The first-order valence-electron chi connectivity index (χ1n) is 8.05. The van der Waals surface area contributed by atoms with Gasteiger partial charge in [0.2, 0.25) is 15.9 Å². The van der Waals surface area contributed by atoms with Crippen molar-refractivity contribution >= 4 is 21.8 Å². The van der Waals surface area contributed by atoms with E-state index in [-0.39, 0.29) is 17.5 Å². The molecule has 7 nitrogen and oxygen atoms in total. The summed E-state index contributed by atoms with van der Waals surface area (Å²) in [5.41, 5.74) is 6.89. The predicted octanol–water partition coefficient (Wildman–Crippen LogP) is 0.791. The smallest absolute Gasteiger partial charge is 0.238 e. The van der Waals surface area contributed by atoms with Gasteiger partial charge >= 0.3 is 0 Å². The fraction of sp³-hybridized carbons (Fsp3) is 0.500. The molecule has 1 aliphatic heterocycles. The Morgan fingerprint density at radius 1 is 1.38 bits per heavy atom. The Morgan fingerprint density at radius 2 is 2.04 bits per heavy atom. The van der Waals surface area contributed by atoms with Crippen LogP contribution >= 0.6 is 0 Å². The fourth-order valence-electron chi connectivity index (χ4n) is 2.82. The molecule has 0 radical (unpaired) electrons. The maximum Gasteiger partial charge on any atom is 0.238 e. The third-order valence-corrected chi connectivity index (χ3v) is 6.13. The van der Waals surface area contributed by atoms with Crippen molar-refractivity contribution in [1.29, 1.82) is 5.41 Å². The second-order valence-corrected chi connectivity index (χ2v) is 7.95. The quantitative estimate of drug-likeness (QED) is 0.497. The van der Waals surface area contributed by atoms with Crippen LogP contribution in [0, 0.1) is 5.41 Å². The van der Waals surface area contributed by atoms with E-state index in [0.29, 0.717) is 37.9 Å². The number of nitrogens with one attached hydrogen (secondary N) is 2. The van der Waals surface area contributed by atoms with E-state index >= 15 is 0 Å². The molecule has 8 heteroatoms. The van der Waals surface area contributed by atoms with Gasteiger partial charge in [0.05, 0.1) is 5.75 Å². The van der Waals surface area contributed by atoms with E-state index in [1.165, 1.54) is 4.31 Å². The van der Waals surface area contributed by atoms with Crippen LogP contribution in [0.3, 0.4) is 0 Å². The summed E-state index contributed by atoms with van der Waals surface area (Å²) < 4.78 is 25.8. The summed E-state index contributed by atoms with van der Waals surface area (Å²) in [6.07, 6.45) is 1.79. The average Bonchev–Trinajstić information content (AvgIpc) is 3.03. The number of amides is 1. The van der Waals surface area contributed by atoms with Crippen molar-refractivity contribution in [2.24, 2.45) is 5.73 Å². The zero-order chi connectivity index (χ0) is 17.7. The minimum Gasteiger partial charge on any atom is -0.384 e. The number of hydrogen-bond acceptors (Lipinski definition) is 4. The number of carbonyl (C=O) groups is 1. The molecule has 2 rings (SSSR count). The van der Waals surface area contributed by atoms with Crippen molar-refractivity contribution in [2.75, 3.05) is 12.3 Å². The molecule has 1 aromatic rings. The maximum absolute atomic E-state index is 12.4. The molecule has 24 heavy (non-hydrogen) atoms. The first-order valence-corrected chi connectivity index (χ1v) is 9.66. The van der Waals surface area contributed by atoms with Crippen molar-refractivity contribution in [2.45, 2.75) is 38.8 Å². The van der Waals surface area contributed by atoms with Crippen LogP contribution in [0.25, 0.3) is 0 Å². The molecule has 1 saturated heterocycles. The van der Waals surface area contributed by atoms with Crippen LogP contribution in [0.5, 0.6) is 0 Å². The van der Waals surface area contributed by atoms with Gasteiger partial charge in [0.1, 0.15) is 11.9 Å². The number of sulfonamides is 1. The summed E-state index contributed by atoms with van der Waals surface area (Å²) >= 11 is 0. The van der Waals surface area contributed by atoms with Gasteiger partial charge in [-0.25, -0.2) is 8.42 Å². The van der Waals surface area contributed by atoms with Gasteiger partial charge in [0, 0.05) is 18.7 Å². The predicted molar refractivity (Wildman–Crippen MR) is 93.1 cm³/mol. The summed E-state index contributed by atoms with van der Waals surface area (Å²) in [6.45, 7) is 2.54. The van der Waals surface area contributed by atoms with Gasteiger partial charge in [-0.05, 0) is 24.8 Å². The second-order valence-electron chi connectivity index (χ2n) is 5.91. The fourth-order valence-corrected chi connectivity index (χ4v) is 4.57. The average molecular weight is 352 g/mol. The van der Waals surface area contributed by atoms with Crippen LogP contribution in [0.4, 0.5) is 0 Å². The number of carbonyl (C=O) groups excluding carboxylic acids is 1. The van der Waals surface area contributed by atoms with E-state index in [1.807, 2.05) is 6.92 Å². The zero-order valence-electron chi connectivity index (χ0n) is 13.8. The lowest BCUT2D eigenvalue weighted by Crippen LogP contribution is -2.46. The summed E-state index contributed by atoms with van der Waals surface area (Å²) in [5, 5.41) is 10.2. The van der Waals surface area contributed by atoms with Gasteiger partial charge in [0.15, 0.2) is 0 Å². The molecule has 0 bridgehead atoms. The van der Waals surface area contributed by atoms with E-state index in [4.69, 9.17) is 11.1 Å². The Kier molecular flexibility index (Phi) is 5.95. The van der Waals surface area contributed by atoms with E-state index in [0.717, 1.165) is 5.56 Å². The molecule has 1 amide bonds. The standard InChI is InChI=1S/C16H24N4O3S/c1-2-10-24(22,23)20-9-3-4-14(20)16(21)19-11-12-5-7-13(8-6-12)15(17)18/h5-8,14H,2-4,9-11H2,1H3,(H3,17,18)(H,19,21)/t14-/m0/s1. The van der Waals surface area contributed by atoms with Gasteiger partial charge < -0.3 is 11.1 Å². The minimum atomic E-state index is -3.37. The highest BCUT2D eigenvalue weighted by molar-refractivity contribution is 7.89. The molecule has 0 unspecified atom stereocenters. The van der Waals surface area contributed by atoms with Crippen LogP contribution in [0.15, 0.2) is 24.3 Å². The molecular formula is C16H24N4O3S. The Hall–Kier alpha value is -1.93. The van der Waals surface area contributed by atoms with Crippen molar-refractivity contribution in [3.05, 3.63) is 35.4 Å². The molecule has 0 aromatic heterocycles. The van der Waals surface area contributed by atoms with Gasteiger partial charge in [0.25, 0.3) is 0 Å². The van der Waals surface area contributed by atoms with Crippen molar-refractivity contribution < 1.29 is 13.2 Å². The number of amidine groups is 1. The Balaban J connectivity index is 1.97. The molecule has 1 heterocycles. The summed E-state index contributed by atoms with van der Waals surface area (Å²) in [6, 6.07) is 6.40. The van der Waals surface area contributed by atoms with E-state index < -0.39 is 16.1 Å². The first kappa shape index (κ1) is 18.4. The first-order chi connectivity index (χ1) is 11.3. The van der Waals surface area contributed by atoms with Gasteiger partial charge in [-0.2, -0.15) is 4.31 Å². The topological polar surface area (TPSA) is 116 Å². The number of nitrogens with zero attached hydrogens (tertiary/aromatic N) is 1. The van der Waals surface area contributed by atoms with Crippen LogP contribution in [-0.4, -0.2) is 42.8 Å². The monoisotopic (exact) mass is 352 g/mol. The Labute approximate surface area is 142 Å². The third-order valence-electron chi connectivity index (χ3n) is 4.06. The normalized spacial score (nSPS) is 18.5. The highest BCUT2D eigenvalue weighted by Gasteiger charge is 2.37. The number of hydrogen-bond donors (Lipinski definition) is 3. The lowest BCUT2D eigenvalue weighted by molar-refractivity contribution is -0.124. The van der Waals surface area contributed by atoms with Crippen LogP contribution in [0.2, 0.25) is 0 Å². The van der Waals surface area contributed by atoms with E-state index in [1.54, 1.807) is 24.3 Å². The molecule has 132 valence electrons. The van der Waals surface area contributed by atoms with Crippen LogP contribution in [-0.2, 0) is 21.4 Å². The molecule has 1 aliphatic rings. The van der Waals surface area contributed by atoms with Gasteiger partial charge in [-0.3, -0.25) is 10.2 Å². The summed E-state index contributed by atoms with van der Waals surface area (Å²) in [7, 11) is -3.37. The number of nitrogen functional groups attached to an aromatic ring is 1. The van der Waals surface area contributed by atoms with Crippen molar-refractivity contribution in [3.63, 3.8) is 0 Å². The molecule has 4 N–H and O–H groups in total. The third kappa shape index (κ3) is 4.33. The molecule has 1 atom stereocenters. The highest BCUT2D eigenvalue weighted by atomic mass is 32.2. The van der Waals surface area contributed by atoms with Crippen LogP contribution in [0.1, 0.15) is 37.3 Å². The molecule has 0 saturated carbocycles. The number of nitrogens with two attached hydrogens (primary N) is 1. The molecule has 1 fully saturated rings. The van der Waals surface area contributed by atoms with Crippen molar-refractivity contribution in [1.82, 2.24) is 9.62 Å². The Morgan fingerprint density at radius 3 is 2.62 bits per heavy atom.